The number of benzene rings is 3. The molecular formula is C26H21N3O2S. The maximum Gasteiger partial charge on any atom is 0.189 e. The average Bonchev–Trinajstić information content (AvgIpc) is 2.84. The van der Waals surface area contributed by atoms with Crippen molar-refractivity contribution in [1.82, 2.24) is 9.97 Å². The molecule has 6 heteroatoms. The van der Waals surface area contributed by atoms with Crippen molar-refractivity contribution in [2.24, 2.45) is 0 Å². The molecule has 4 aromatic rings. The highest BCUT2D eigenvalue weighted by molar-refractivity contribution is 7.99. The molecule has 32 heavy (non-hydrogen) atoms. The van der Waals surface area contributed by atoms with Crippen LogP contribution in [0.25, 0.3) is 11.1 Å². The molecule has 0 aliphatic rings. The molecule has 0 unspecified atom stereocenters. The number of hydrogen-bond acceptors (Lipinski definition) is 6. The first-order valence-corrected chi connectivity index (χ1v) is 11.1. The Hall–Kier alpha value is -3.77. The number of anilines is 2. The molecule has 1 heterocycles. The zero-order valence-electron chi connectivity index (χ0n) is 17.5. The largest absolute Gasteiger partial charge is 0.340 e. The second kappa shape index (κ2) is 10.0. The van der Waals surface area contributed by atoms with E-state index in [2.05, 4.69) is 15.3 Å². The number of hydrogen-bond donors (Lipinski definition) is 1. The molecule has 0 spiro atoms. The summed E-state index contributed by atoms with van der Waals surface area (Å²) in [5.74, 6) is 0.923. The molecule has 1 N–H and O–H groups in total. The quantitative estimate of drug-likeness (QED) is 0.204. The van der Waals surface area contributed by atoms with E-state index in [4.69, 9.17) is 0 Å². The average molecular weight is 440 g/mol. The fourth-order valence-electron chi connectivity index (χ4n) is 3.11. The van der Waals surface area contributed by atoms with Crippen molar-refractivity contribution >= 4 is 34.8 Å². The molecule has 0 aliphatic heterocycles. The molecule has 0 fully saturated rings. The summed E-state index contributed by atoms with van der Waals surface area (Å²) >= 11 is 1.30. The Morgan fingerprint density at radius 3 is 2.16 bits per heavy atom. The van der Waals surface area contributed by atoms with Crippen molar-refractivity contribution in [3.63, 3.8) is 0 Å². The van der Waals surface area contributed by atoms with Crippen LogP contribution in [-0.4, -0.2) is 27.3 Å². The second-order valence-corrected chi connectivity index (χ2v) is 8.08. The van der Waals surface area contributed by atoms with Crippen LogP contribution >= 0.6 is 11.8 Å². The molecule has 0 bridgehead atoms. The van der Waals surface area contributed by atoms with Gasteiger partial charge in [0.2, 0.25) is 0 Å². The summed E-state index contributed by atoms with van der Waals surface area (Å²) in [7, 11) is 0. The van der Waals surface area contributed by atoms with Gasteiger partial charge in [0, 0.05) is 23.0 Å². The van der Waals surface area contributed by atoms with Crippen molar-refractivity contribution in [2.75, 3.05) is 11.1 Å². The van der Waals surface area contributed by atoms with Gasteiger partial charge in [-0.3, -0.25) is 9.59 Å². The van der Waals surface area contributed by atoms with Crippen LogP contribution in [0, 0.1) is 0 Å². The van der Waals surface area contributed by atoms with E-state index in [0.29, 0.717) is 22.1 Å². The van der Waals surface area contributed by atoms with Gasteiger partial charge in [-0.05, 0) is 48.4 Å². The number of nitrogens with zero attached hydrogens (tertiary/aromatic N) is 2. The SMILES string of the molecule is CC(=O)c1ccc(Nc2ccnc(SCC(=O)c3ccc(-c4ccccc4)cc3)n2)cc1. The van der Waals surface area contributed by atoms with Crippen LogP contribution in [0.15, 0.2) is 96.3 Å². The molecule has 0 saturated heterocycles. The van der Waals surface area contributed by atoms with Gasteiger partial charge in [-0.2, -0.15) is 0 Å². The van der Waals surface area contributed by atoms with Gasteiger partial charge >= 0.3 is 0 Å². The minimum Gasteiger partial charge on any atom is -0.340 e. The van der Waals surface area contributed by atoms with Gasteiger partial charge in [-0.1, -0.05) is 66.4 Å². The van der Waals surface area contributed by atoms with Crippen LogP contribution < -0.4 is 5.32 Å². The first-order chi connectivity index (χ1) is 15.6. The van der Waals surface area contributed by atoms with E-state index >= 15 is 0 Å². The highest BCUT2D eigenvalue weighted by Crippen LogP contribution is 2.22. The van der Waals surface area contributed by atoms with E-state index in [1.54, 1.807) is 24.4 Å². The van der Waals surface area contributed by atoms with Gasteiger partial charge in [-0.15, -0.1) is 0 Å². The molecule has 158 valence electrons. The summed E-state index contributed by atoms with van der Waals surface area (Å²) in [6, 6.07) is 26.6. The second-order valence-electron chi connectivity index (χ2n) is 7.14. The summed E-state index contributed by atoms with van der Waals surface area (Å²) in [4.78, 5) is 32.7. The molecule has 0 amide bonds. The summed E-state index contributed by atoms with van der Waals surface area (Å²) in [6.07, 6.45) is 1.65. The lowest BCUT2D eigenvalue weighted by molar-refractivity contribution is 0.101. The van der Waals surface area contributed by atoms with Crippen LogP contribution in [0.4, 0.5) is 11.5 Å². The third-order valence-electron chi connectivity index (χ3n) is 4.84. The van der Waals surface area contributed by atoms with Crippen molar-refractivity contribution in [3.05, 3.63) is 102 Å². The van der Waals surface area contributed by atoms with Crippen LogP contribution in [-0.2, 0) is 0 Å². The predicted molar refractivity (Wildman–Crippen MR) is 129 cm³/mol. The number of aromatic nitrogens is 2. The maximum absolute atomic E-state index is 12.6. The van der Waals surface area contributed by atoms with Gasteiger partial charge in [0.05, 0.1) is 5.75 Å². The Labute approximate surface area is 190 Å². The lowest BCUT2D eigenvalue weighted by Crippen LogP contribution is -2.03. The van der Waals surface area contributed by atoms with Crippen LogP contribution in [0.5, 0.6) is 0 Å². The first-order valence-electron chi connectivity index (χ1n) is 10.1. The maximum atomic E-state index is 12.6. The van der Waals surface area contributed by atoms with Gasteiger partial charge in [0.1, 0.15) is 5.82 Å². The van der Waals surface area contributed by atoms with Gasteiger partial charge in [-0.25, -0.2) is 9.97 Å². The molecule has 0 saturated carbocycles. The first kappa shape index (κ1) is 21.5. The fourth-order valence-corrected chi connectivity index (χ4v) is 3.83. The third-order valence-corrected chi connectivity index (χ3v) is 5.71. The van der Waals surface area contributed by atoms with Gasteiger partial charge in [0.25, 0.3) is 0 Å². The van der Waals surface area contributed by atoms with Crippen molar-refractivity contribution in [3.8, 4) is 11.1 Å². The molecule has 5 nitrogen and oxygen atoms in total. The van der Waals surface area contributed by atoms with E-state index in [9.17, 15) is 9.59 Å². The van der Waals surface area contributed by atoms with Crippen LogP contribution in [0.3, 0.4) is 0 Å². The monoisotopic (exact) mass is 439 g/mol. The third kappa shape index (κ3) is 5.47. The minimum atomic E-state index is 0.0244. The van der Waals surface area contributed by atoms with E-state index in [1.807, 2.05) is 66.7 Å². The Balaban J connectivity index is 1.36. The van der Waals surface area contributed by atoms with Crippen LogP contribution in [0.1, 0.15) is 27.6 Å². The van der Waals surface area contributed by atoms with E-state index in [-0.39, 0.29) is 17.3 Å². The van der Waals surface area contributed by atoms with Crippen LogP contribution in [0.2, 0.25) is 0 Å². The Kier molecular flexibility index (Phi) is 6.72. The standard InChI is InChI=1S/C26H21N3O2S/c1-18(30)19-11-13-23(14-12-19)28-25-15-16-27-26(29-25)32-17-24(31)22-9-7-21(8-10-22)20-5-3-2-4-6-20/h2-16H,17H2,1H3,(H,27,28,29). The number of thioether (sulfide) groups is 1. The lowest BCUT2D eigenvalue weighted by Gasteiger charge is -2.07. The summed E-state index contributed by atoms with van der Waals surface area (Å²) < 4.78 is 0. The summed E-state index contributed by atoms with van der Waals surface area (Å²) in [5.41, 5.74) is 4.34. The molecule has 1 aromatic heterocycles. The molecule has 0 radical (unpaired) electrons. The number of Topliss-reactive ketones (excluding diaryl/α,β-unsaturated/α-hetero) is 2. The zero-order chi connectivity index (χ0) is 22.3. The number of carbonyl (C=O) groups excluding carboxylic acids is 2. The number of nitrogens with one attached hydrogen (secondary N) is 1. The summed E-state index contributed by atoms with van der Waals surface area (Å²) in [5, 5.41) is 3.71. The highest BCUT2D eigenvalue weighted by Gasteiger charge is 2.09. The highest BCUT2D eigenvalue weighted by atomic mass is 32.2. The number of carbonyl (C=O) groups is 2. The molecule has 3 aromatic carbocycles. The summed E-state index contributed by atoms with van der Waals surface area (Å²) in [6.45, 7) is 1.54. The van der Waals surface area contributed by atoms with E-state index in [1.165, 1.54) is 18.7 Å². The van der Waals surface area contributed by atoms with Gasteiger partial charge in [0.15, 0.2) is 16.7 Å². The topological polar surface area (TPSA) is 72.0 Å². The van der Waals surface area contributed by atoms with Crippen molar-refractivity contribution in [1.29, 1.82) is 0 Å². The van der Waals surface area contributed by atoms with Crippen molar-refractivity contribution in [2.45, 2.75) is 12.1 Å². The Bertz CT molecular complexity index is 1220. The number of rotatable bonds is 8. The predicted octanol–water partition coefficient (Wildman–Crippen LogP) is 6.06. The minimum absolute atomic E-state index is 0.0244. The van der Waals surface area contributed by atoms with Crippen molar-refractivity contribution < 1.29 is 9.59 Å². The number of ketones is 2. The smallest absolute Gasteiger partial charge is 0.189 e. The fraction of sp³-hybridized carbons (Fsp3) is 0.0769. The Morgan fingerprint density at radius 1 is 0.812 bits per heavy atom. The van der Waals surface area contributed by atoms with E-state index < -0.39 is 0 Å². The normalized spacial score (nSPS) is 10.5. The van der Waals surface area contributed by atoms with E-state index in [0.717, 1.165) is 16.8 Å². The zero-order valence-corrected chi connectivity index (χ0v) is 18.3. The molecule has 0 atom stereocenters. The molecular weight excluding hydrogens is 418 g/mol. The molecule has 0 aliphatic carbocycles. The molecule has 4 rings (SSSR count). The lowest BCUT2D eigenvalue weighted by atomic mass is 10.0. The van der Waals surface area contributed by atoms with Gasteiger partial charge < -0.3 is 5.32 Å². The Morgan fingerprint density at radius 2 is 1.47 bits per heavy atom.